The molecule has 1 heterocycles. The van der Waals surface area contributed by atoms with Gasteiger partial charge in [-0.25, -0.2) is 13.6 Å². The minimum absolute atomic E-state index is 0.0757. The number of nitrogens with one attached hydrogen (secondary N) is 2. The van der Waals surface area contributed by atoms with Crippen LogP contribution in [0, 0.1) is 5.82 Å². The van der Waals surface area contributed by atoms with Crippen LogP contribution in [0.3, 0.4) is 0 Å². The Kier molecular flexibility index (Phi) is 11.2. The van der Waals surface area contributed by atoms with Crippen LogP contribution in [0.15, 0.2) is 48.5 Å². The number of hydrogen-bond donors (Lipinski definition) is 5. The van der Waals surface area contributed by atoms with Crippen LogP contribution in [0.25, 0.3) is 11.4 Å². The molecule has 0 saturated heterocycles. The molecule has 0 spiro atoms. The van der Waals surface area contributed by atoms with Gasteiger partial charge in [0.15, 0.2) is 11.1 Å². The molecule has 11 heteroatoms. The molecule has 9 nitrogen and oxygen atoms in total. The van der Waals surface area contributed by atoms with Gasteiger partial charge in [-0.2, -0.15) is 0 Å². The van der Waals surface area contributed by atoms with Crippen LogP contribution in [0.1, 0.15) is 67.7 Å². The maximum absolute atomic E-state index is 13.6. The molecule has 1 amide bonds. The highest BCUT2D eigenvalue weighted by Gasteiger charge is 2.26. The van der Waals surface area contributed by atoms with E-state index in [9.17, 15) is 23.6 Å². The molecule has 0 aliphatic carbocycles. The van der Waals surface area contributed by atoms with Crippen molar-refractivity contribution in [2.75, 3.05) is 11.2 Å². The zero-order valence-electron chi connectivity index (χ0n) is 22.4. The summed E-state index contributed by atoms with van der Waals surface area (Å²) in [4.78, 5) is 18.0. The van der Waals surface area contributed by atoms with E-state index >= 15 is 0 Å². The quantitative estimate of drug-likeness (QED) is 0.186. The average Bonchev–Trinajstić information content (AvgIpc) is 3.30. The molecule has 3 atom stereocenters. The number of benzene rings is 2. The van der Waals surface area contributed by atoms with Crippen LogP contribution in [0.5, 0.6) is 0 Å². The van der Waals surface area contributed by atoms with Gasteiger partial charge in [0, 0.05) is 24.3 Å². The summed E-state index contributed by atoms with van der Waals surface area (Å²) >= 11 is -1.95. The van der Waals surface area contributed by atoms with E-state index in [4.69, 9.17) is 4.55 Å². The minimum atomic E-state index is -1.95. The smallest absolute Gasteiger partial charge is 0.272 e. The molecule has 3 rings (SSSR count). The van der Waals surface area contributed by atoms with Gasteiger partial charge in [-0.15, -0.1) is 0 Å². The van der Waals surface area contributed by atoms with Gasteiger partial charge in [-0.1, -0.05) is 32.9 Å². The number of imidazole rings is 1. The summed E-state index contributed by atoms with van der Waals surface area (Å²) in [6.45, 7) is 6.38. The topological polar surface area (TPSA) is 137 Å². The van der Waals surface area contributed by atoms with Gasteiger partial charge in [-0.3, -0.25) is 4.79 Å². The highest BCUT2D eigenvalue weighted by Crippen LogP contribution is 2.29. The molecule has 0 saturated carbocycles. The van der Waals surface area contributed by atoms with E-state index in [0.29, 0.717) is 42.2 Å². The van der Waals surface area contributed by atoms with Crippen LogP contribution in [-0.4, -0.2) is 52.5 Å². The summed E-state index contributed by atoms with van der Waals surface area (Å²) < 4.78 is 35.3. The summed E-state index contributed by atoms with van der Waals surface area (Å²) in [5, 5.41) is 26.2. The summed E-state index contributed by atoms with van der Waals surface area (Å²) in [5.74, 6) is -0.394. The second-order valence-corrected chi connectivity index (χ2v) is 10.7. The molecule has 0 bridgehead atoms. The largest absolute Gasteiger partial charge is 0.393 e. The molecule has 0 aliphatic heterocycles. The zero-order valence-corrected chi connectivity index (χ0v) is 23.2. The second kappa shape index (κ2) is 14.3. The molecular formula is C28H37FN4O5S. The molecule has 1 aromatic heterocycles. The summed E-state index contributed by atoms with van der Waals surface area (Å²) in [5.41, 5.74) is 3.13. The van der Waals surface area contributed by atoms with Crippen LogP contribution >= 0.6 is 0 Å². The van der Waals surface area contributed by atoms with Gasteiger partial charge < -0.3 is 30.0 Å². The Morgan fingerprint density at radius 2 is 1.74 bits per heavy atom. The van der Waals surface area contributed by atoms with E-state index in [2.05, 4.69) is 15.6 Å². The van der Waals surface area contributed by atoms with Crippen molar-refractivity contribution in [2.45, 2.75) is 71.2 Å². The number of aliphatic hydroxyl groups excluding tert-OH is 2. The standard InChI is InChI=1S/C28H37FN4O5S/c1-4-23(34)15-24(35)13-14-33-26(18(2)3)25(32-27(33)20-7-9-21(29)10-8-20)28(36)30-16-19-5-11-22(12-6-19)31-17-39(37)38/h5-12,18,23-24,31,34-35H,4,13-17H2,1-3H3,(H,30,36)(H,37,38). The first-order valence-electron chi connectivity index (χ1n) is 13.0. The van der Waals surface area contributed by atoms with E-state index in [1.54, 1.807) is 36.4 Å². The summed E-state index contributed by atoms with van der Waals surface area (Å²) in [6, 6.07) is 13.0. The van der Waals surface area contributed by atoms with E-state index in [-0.39, 0.29) is 42.2 Å². The van der Waals surface area contributed by atoms with Crippen LogP contribution in [0.2, 0.25) is 0 Å². The fourth-order valence-corrected chi connectivity index (χ4v) is 4.58. The van der Waals surface area contributed by atoms with E-state index in [1.165, 1.54) is 12.1 Å². The Hall–Kier alpha value is -3.12. The zero-order chi connectivity index (χ0) is 28.5. The van der Waals surface area contributed by atoms with Gasteiger partial charge in [0.25, 0.3) is 5.91 Å². The van der Waals surface area contributed by atoms with Crippen molar-refractivity contribution in [2.24, 2.45) is 0 Å². The Bertz CT molecular complexity index is 1250. The number of aliphatic hydroxyl groups is 2. The number of anilines is 1. The van der Waals surface area contributed by atoms with E-state index < -0.39 is 23.3 Å². The predicted octanol–water partition coefficient (Wildman–Crippen LogP) is 4.25. The number of nitrogens with zero attached hydrogens (tertiary/aromatic N) is 2. The molecule has 0 aliphatic rings. The Labute approximate surface area is 230 Å². The van der Waals surface area contributed by atoms with E-state index in [0.717, 1.165) is 5.56 Å². The maximum atomic E-state index is 13.6. The highest BCUT2D eigenvalue weighted by molar-refractivity contribution is 7.79. The molecule has 0 fully saturated rings. The number of carbonyl (C=O) groups excluding carboxylic acids is 1. The molecule has 0 radical (unpaired) electrons. The number of rotatable bonds is 14. The van der Waals surface area contributed by atoms with Crippen molar-refractivity contribution < 1.29 is 28.2 Å². The number of halogens is 1. The Morgan fingerprint density at radius 3 is 2.33 bits per heavy atom. The fraction of sp³-hybridized carbons (Fsp3) is 0.429. The normalized spacial score (nSPS) is 13.7. The van der Waals surface area contributed by atoms with Crippen molar-refractivity contribution in [1.29, 1.82) is 0 Å². The van der Waals surface area contributed by atoms with Crippen LogP contribution < -0.4 is 10.6 Å². The first-order chi connectivity index (χ1) is 18.6. The Balaban J connectivity index is 1.85. The lowest BCUT2D eigenvalue weighted by molar-refractivity contribution is 0.0711. The van der Waals surface area contributed by atoms with Crippen molar-refractivity contribution in [1.82, 2.24) is 14.9 Å². The van der Waals surface area contributed by atoms with Gasteiger partial charge >= 0.3 is 0 Å². The van der Waals surface area contributed by atoms with Crippen LogP contribution in [0.4, 0.5) is 10.1 Å². The summed E-state index contributed by atoms with van der Waals surface area (Å²) in [7, 11) is 0. The third kappa shape index (κ3) is 8.69. The lowest BCUT2D eigenvalue weighted by Crippen LogP contribution is -2.25. The monoisotopic (exact) mass is 560 g/mol. The number of carbonyl (C=O) groups is 1. The number of hydrogen-bond acceptors (Lipinski definition) is 6. The van der Waals surface area contributed by atoms with Crippen molar-refractivity contribution in [3.63, 3.8) is 0 Å². The molecule has 212 valence electrons. The predicted molar refractivity (Wildman–Crippen MR) is 150 cm³/mol. The van der Waals surface area contributed by atoms with Crippen molar-refractivity contribution in [3.8, 4) is 11.4 Å². The third-order valence-corrected chi connectivity index (χ3v) is 6.77. The molecular weight excluding hydrogens is 523 g/mol. The Morgan fingerprint density at radius 1 is 1.08 bits per heavy atom. The molecule has 2 aromatic carbocycles. The molecule has 5 N–H and O–H groups in total. The third-order valence-electron chi connectivity index (χ3n) is 6.38. The first-order valence-corrected chi connectivity index (χ1v) is 14.3. The fourth-order valence-electron chi connectivity index (χ4n) is 4.29. The van der Waals surface area contributed by atoms with Gasteiger partial charge in [0.05, 0.1) is 17.9 Å². The van der Waals surface area contributed by atoms with E-state index in [1.807, 2.05) is 25.3 Å². The lowest BCUT2D eigenvalue weighted by atomic mass is 10.1. The van der Waals surface area contributed by atoms with Crippen molar-refractivity contribution in [3.05, 3.63) is 71.3 Å². The molecule has 3 unspecified atom stereocenters. The maximum Gasteiger partial charge on any atom is 0.272 e. The average molecular weight is 561 g/mol. The molecule has 39 heavy (non-hydrogen) atoms. The number of amides is 1. The van der Waals surface area contributed by atoms with Gasteiger partial charge in [0.1, 0.15) is 23.2 Å². The second-order valence-electron chi connectivity index (χ2n) is 9.74. The highest BCUT2D eigenvalue weighted by atomic mass is 32.2. The van der Waals surface area contributed by atoms with Gasteiger partial charge in [0.2, 0.25) is 0 Å². The SMILES string of the molecule is CCC(O)CC(O)CCn1c(-c2ccc(F)cc2)nc(C(=O)NCc2ccc(NCS(=O)O)cc2)c1C(C)C. The lowest BCUT2D eigenvalue weighted by Gasteiger charge is -2.19. The molecule has 3 aromatic rings. The first kappa shape index (κ1) is 30.4. The van der Waals surface area contributed by atoms with Crippen LogP contribution in [-0.2, 0) is 24.2 Å². The van der Waals surface area contributed by atoms with Crippen molar-refractivity contribution >= 4 is 22.7 Å². The number of aromatic nitrogens is 2. The van der Waals surface area contributed by atoms with Gasteiger partial charge in [-0.05, 0) is 67.1 Å². The summed E-state index contributed by atoms with van der Waals surface area (Å²) in [6.07, 6.45) is -0.155. The minimum Gasteiger partial charge on any atom is -0.393 e.